The summed E-state index contributed by atoms with van der Waals surface area (Å²) in [6.07, 6.45) is -2.61. The molecule has 1 aromatic rings. The lowest BCUT2D eigenvalue weighted by Crippen LogP contribution is -2.66. The van der Waals surface area contributed by atoms with Gasteiger partial charge >= 0.3 is 17.9 Å². The van der Waals surface area contributed by atoms with E-state index in [1.807, 2.05) is 18.2 Å². The van der Waals surface area contributed by atoms with Crippen LogP contribution in [0.4, 0.5) is 5.69 Å². The zero-order valence-corrected chi connectivity index (χ0v) is 24.4. The Kier molecular flexibility index (Phi) is 11.6. The molecule has 9 nitrogen and oxygen atoms in total. The van der Waals surface area contributed by atoms with Crippen molar-refractivity contribution in [2.24, 2.45) is 0 Å². The van der Waals surface area contributed by atoms with E-state index in [1.54, 1.807) is 20.8 Å². The normalized spacial score (nSPS) is 24.4. The molecule has 3 rings (SSSR count). The molecule has 5 atom stereocenters. The molecular formula is C27H39ClN2O7S. The fraction of sp³-hybridized carbons (Fsp3) is 0.667. The first kappa shape index (κ1) is 30.5. The molecule has 0 saturated carbocycles. The quantitative estimate of drug-likeness (QED) is 0.267. The number of ether oxygens (including phenoxy) is 4. The third-order valence-corrected chi connectivity index (χ3v) is 8.38. The summed E-state index contributed by atoms with van der Waals surface area (Å²) in [4.78, 5) is 42.5. The van der Waals surface area contributed by atoms with Crippen molar-refractivity contribution < 1.29 is 33.3 Å². The van der Waals surface area contributed by atoms with Crippen LogP contribution in [-0.2, 0) is 33.3 Å². The highest BCUT2D eigenvalue weighted by Crippen LogP contribution is 2.48. The maximum absolute atomic E-state index is 12.6. The molecule has 2 aliphatic heterocycles. The fourth-order valence-corrected chi connectivity index (χ4v) is 6.14. The lowest BCUT2D eigenvalue weighted by Gasteiger charge is -2.52. The van der Waals surface area contributed by atoms with Crippen LogP contribution in [0.15, 0.2) is 23.1 Å². The molecule has 2 heterocycles. The van der Waals surface area contributed by atoms with Gasteiger partial charge < -0.3 is 28.7 Å². The van der Waals surface area contributed by atoms with Crippen LogP contribution < -0.4 is 4.90 Å². The van der Waals surface area contributed by atoms with E-state index in [1.165, 1.54) is 11.8 Å². The van der Waals surface area contributed by atoms with Crippen LogP contribution in [0.5, 0.6) is 0 Å². The molecule has 0 spiro atoms. The number of esters is 3. The van der Waals surface area contributed by atoms with Crippen molar-refractivity contribution >= 4 is 47.0 Å². The number of halogens is 1. The van der Waals surface area contributed by atoms with E-state index in [-0.39, 0.29) is 25.9 Å². The minimum absolute atomic E-state index is 0.130. The summed E-state index contributed by atoms with van der Waals surface area (Å²) in [7, 11) is 0. The second-order valence-electron chi connectivity index (χ2n) is 9.13. The average Bonchev–Trinajstić information content (AvgIpc) is 2.92. The third kappa shape index (κ3) is 7.34. The van der Waals surface area contributed by atoms with Crippen LogP contribution in [0.1, 0.15) is 53.9 Å². The second kappa shape index (κ2) is 14.4. The number of carbonyl (C=O) groups excluding carboxylic acids is 3. The molecule has 0 aliphatic carbocycles. The topological polar surface area (TPSA) is 94.6 Å². The maximum atomic E-state index is 12.6. The van der Waals surface area contributed by atoms with Gasteiger partial charge in [0.15, 0.2) is 12.2 Å². The highest BCUT2D eigenvalue weighted by atomic mass is 35.5. The molecule has 0 amide bonds. The molecule has 38 heavy (non-hydrogen) atoms. The van der Waals surface area contributed by atoms with Gasteiger partial charge in [0.05, 0.1) is 10.9 Å². The molecule has 1 saturated heterocycles. The van der Waals surface area contributed by atoms with Crippen molar-refractivity contribution in [2.45, 2.75) is 88.6 Å². The largest absolute Gasteiger partial charge is 0.463 e. The number of thioether (sulfide) groups is 1. The molecule has 2 aliphatic rings. The Labute approximate surface area is 234 Å². The molecule has 0 unspecified atom stereocenters. The van der Waals surface area contributed by atoms with Crippen molar-refractivity contribution in [2.75, 3.05) is 37.7 Å². The van der Waals surface area contributed by atoms with Gasteiger partial charge in [0.25, 0.3) is 0 Å². The van der Waals surface area contributed by atoms with Crippen LogP contribution in [0.3, 0.4) is 0 Å². The van der Waals surface area contributed by atoms with Crippen LogP contribution in [0.25, 0.3) is 0 Å². The first-order chi connectivity index (χ1) is 18.3. The van der Waals surface area contributed by atoms with E-state index >= 15 is 0 Å². The standard InChI is InChI=1S/C27H39ClN2O7S/c1-6-21(31)34-16-19-24(36-22(32)7-2)25(37-23(33)8-3)26-27(35-19)30(14-13-29(9-4)10-5)18-15-17(28)11-12-20(18)38-26/h11-12,15,19,24-27H,6-10,13-14,16H2,1-5H3/t19-,24-,25+,26+,27-/m1/s1. The number of anilines is 1. The highest BCUT2D eigenvalue weighted by Gasteiger charge is 2.54. The fourth-order valence-electron chi connectivity index (χ4n) is 4.56. The average molecular weight is 571 g/mol. The van der Waals surface area contributed by atoms with Gasteiger partial charge in [-0.05, 0) is 31.3 Å². The van der Waals surface area contributed by atoms with Crippen molar-refractivity contribution in [3.05, 3.63) is 23.2 Å². The highest BCUT2D eigenvalue weighted by molar-refractivity contribution is 8.00. The predicted octanol–water partition coefficient (Wildman–Crippen LogP) is 4.28. The van der Waals surface area contributed by atoms with E-state index in [2.05, 4.69) is 23.6 Å². The van der Waals surface area contributed by atoms with E-state index in [0.717, 1.165) is 30.2 Å². The first-order valence-corrected chi connectivity index (χ1v) is 14.7. The molecule has 1 aromatic carbocycles. The van der Waals surface area contributed by atoms with Gasteiger partial charge in [0.1, 0.15) is 18.9 Å². The summed E-state index contributed by atoms with van der Waals surface area (Å²) in [5.74, 6) is -1.26. The number of hydrogen-bond donors (Lipinski definition) is 0. The number of hydrogen-bond acceptors (Lipinski definition) is 10. The van der Waals surface area contributed by atoms with Crippen LogP contribution in [0, 0.1) is 0 Å². The molecular weight excluding hydrogens is 532 g/mol. The van der Waals surface area contributed by atoms with Gasteiger partial charge in [0, 0.05) is 42.3 Å². The Morgan fingerprint density at radius 1 is 0.974 bits per heavy atom. The molecule has 1 fully saturated rings. The minimum Gasteiger partial charge on any atom is -0.463 e. The van der Waals surface area contributed by atoms with E-state index in [0.29, 0.717) is 11.6 Å². The molecule has 0 N–H and O–H groups in total. The second-order valence-corrected chi connectivity index (χ2v) is 10.8. The Morgan fingerprint density at radius 3 is 2.21 bits per heavy atom. The van der Waals surface area contributed by atoms with Crippen LogP contribution in [-0.4, -0.2) is 85.4 Å². The molecule has 0 radical (unpaired) electrons. The molecule has 0 bridgehead atoms. The number of likely N-dealkylation sites (N-methyl/N-ethyl adjacent to an activating group) is 1. The van der Waals surface area contributed by atoms with Gasteiger partial charge in [-0.25, -0.2) is 0 Å². The Hall–Kier alpha value is -2.01. The zero-order valence-electron chi connectivity index (χ0n) is 22.8. The summed E-state index contributed by atoms with van der Waals surface area (Å²) in [6, 6.07) is 5.69. The van der Waals surface area contributed by atoms with E-state index < -0.39 is 47.7 Å². The number of benzene rings is 1. The summed E-state index contributed by atoms with van der Waals surface area (Å²) >= 11 is 7.92. The summed E-state index contributed by atoms with van der Waals surface area (Å²) in [5.41, 5.74) is 0.921. The van der Waals surface area contributed by atoms with Crippen LogP contribution in [0.2, 0.25) is 5.02 Å². The Bertz CT molecular complexity index is 977. The summed E-state index contributed by atoms with van der Waals surface area (Å²) < 4.78 is 23.8. The maximum Gasteiger partial charge on any atom is 0.306 e. The summed E-state index contributed by atoms with van der Waals surface area (Å²) in [6.45, 7) is 12.4. The minimum atomic E-state index is -0.935. The molecule has 0 aromatic heterocycles. The lowest BCUT2D eigenvalue weighted by molar-refractivity contribution is -0.214. The van der Waals surface area contributed by atoms with Gasteiger partial charge in [-0.3, -0.25) is 14.4 Å². The number of fused-ring (bicyclic) bond motifs is 2. The third-order valence-electron chi connectivity index (χ3n) is 6.77. The van der Waals surface area contributed by atoms with Gasteiger partial charge in [0.2, 0.25) is 0 Å². The Morgan fingerprint density at radius 2 is 1.61 bits per heavy atom. The molecule has 212 valence electrons. The molecule has 11 heteroatoms. The zero-order chi connectivity index (χ0) is 27.8. The van der Waals surface area contributed by atoms with Crippen molar-refractivity contribution in [3.63, 3.8) is 0 Å². The predicted molar refractivity (Wildman–Crippen MR) is 146 cm³/mol. The van der Waals surface area contributed by atoms with Crippen molar-refractivity contribution in [1.82, 2.24) is 4.90 Å². The van der Waals surface area contributed by atoms with Crippen molar-refractivity contribution in [3.8, 4) is 0 Å². The van der Waals surface area contributed by atoms with E-state index in [4.69, 9.17) is 30.5 Å². The smallest absolute Gasteiger partial charge is 0.306 e. The first-order valence-electron chi connectivity index (χ1n) is 13.4. The van der Waals surface area contributed by atoms with Gasteiger partial charge in [-0.2, -0.15) is 0 Å². The monoisotopic (exact) mass is 570 g/mol. The SMILES string of the molecule is CCC(=O)OC[C@H]1O[C@@H]2[C@@H](Sc3ccc(Cl)cc3N2CCN(CC)CC)[C@@H](OC(=O)CC)[C@@H]1OC(=O)CC. The van der Waals surface area contributed by atoms with E-state index in [9.17, 15) is 14.4 Å². The van der Waals surface area contributed by atoms with Gasteiger partial charge in [-0.1, -0.05) is 46.2 Å². The number of carbonyl (C=O) groups is 3. The lowest BCUT2D eigenvalue weighted by atomic mass is 9.98. The van der Waals surface area contributed by atoms with Crippen LogP contribution >= 0.6 is 23.4 Å². The number of rotatable bonds is 12. The van der Waals surface area contributed by atoms with Crippen molar-refractivity contribution in [1.29, 1.82) is 0 Å². The number of nitrogens with zero attached hydrogens (tertiary/aromatic N) is 2. The summed E-state index contributed by atoms with van der Waals surface area (Å²) in [5, 5.41) is 0.201. The Balaban J connectivity index is 2.05. The van der Waals surface area contributed by atoms with Gasteiger partial charge in [-0.15, -0.1) is 11.8 Å².